The summed E-state index contributed by atoms with van der Waals surface area (Å²) in [6.07, 6.45) is 0. The fourth-order valence-corrected chi connectivity index (χ4v) is 1.13. The minimum atomic E-state index is -0.673. The van der Waals surface area contributed by atoms with E-state index in [-0.39, 0.29) is 11.4 Å². The van der Waals surface area contributed by atoms with E-state index in [1.807, 2.05) is 0 Å². The molecule has 0 aliphatic rings. The van der Waals surface area contributed by atoms with Crippen LogP contribution >= 0.6 is 0 Å². The molecule has 0 spiro atoms. The number of rotatable bonds is 2. The minimum absolute atomic E-state index is 0.155. The zero-order chi connectivity index (χ0) is 9.84. The number of pyridine rings is 1. The summed E-state index contributed by atoms with van der Waals surface area (Å²) in [6, 6.07) is 3.16. The van der Waals surface area contributed by atoms with Gasteiger partial charge >= 0.3 is 22.6 Å². The van der Waals surface area contributed by atoms with Crippen molar-refractivity contribution < 1.29 is 13.0 Å². The van der Waals surface area contributed by atoms with E-state index >= 15 is 0 Å². The van der Waals surface area contributed by atoms with Crippen LogP contribution in [0.25, 0.3) is 0 Å². The first-order valence-electron chi connectivity index (χ1n) is 3.67. The summed E-state index contributed by atoms with van der Waals surface area (Å²) in [5.74, 6) is -0.531. The van der Waals surface area contributed by atoms with Gasteiger partial charge in [-0.25, -0.2) is 14.2 Å². The second kappa shape index (κ2) is 4.36. The smallest absolute Gasteiger partial charge is 0.497 e. The van der Waals surface area contributed by atoms with E-state index in [9.17, 15) is 9.18 Å². The summed E-state index contributed by atoms with van der Waals surface area (Å²) in [4.78, 5) is 14.8. The summed E-state index contributed by atoms with van der Waals surface area (Å²) in [5.41, 5.74) is 1.21. The van der Waals surface area contributed by atoms with E-state index in [1.165, 1.54) is 0 Å². The number of alkyl halides is 1. The van der Waals surface area contributed by atoms with Crippen molar-refractivity contribution in [1.29, 1.82) is 0 Å². The average Bonchev–Trinajstić information content (AvgIpc) is 2.15. The number of halogens is 1. The summed E-state index contributed by atoms with van der Waals surface area (Å²) >= 11 is 1.08. The second-order valence-electron chi connectivity index (χ2n) is 2.59. The van der Waals surface area contributed by atoms with Crippen molar-refractivity contribution in [3.63, 3.8) is 0 Å². The van der Waals surface area contributed by atoms with Crippen molar-refractivity contribution >= 4 is 22.6 Å². The molecule has 0 bridgehead atoms. The number of hydrogen-bond acceptors (Lipinski definition) is 3. The number of nitrogens with zero attached hydrogens (tertiary/aromatic N) is 1. The molecule has 13 heavy (non-hydrogen) atoms. The van der Waals surface area contributed by atoms with Crippen LogP contribution in [-0.4, -0.2) is 27.6 Å². The van der Waals surface area contributed by atoms with Crippen LogP contribution in [0.1, 0.15) is 21.7 Å². The third-order valence-electron chi connectivity index (χ3n) is 1.50. The zero-order valence-electron chi connectivity index (χ0n) is 7.21. The van der Waals surface area contributed by atoms with Crippen LogP contribution in [0.4, 0.5) is 4.39 Å². The van der Waals surface area contributed by atoms with Crippen LogP contribution in [0.2, 0.25) is 0 Å². The molecular weight excluding hydrogens is 188 g/mol. The molecule has 0 unspecified atom stereocenters. The highest BCUT2D eigenvalue weighted by atomic mass is 27.1. The Morgan fingerprint density at radius 3 is 2.92 bits per heavy atom. The van der Waals surface area contributed by atoms with E-state index in [2.05, 4.69) is 8.77 Å². The van der Waals surface area contributed by atoms with Gasteiger partial charge < -0.3 is 3.79 Å². The molecule has 0 aliphatic carbocycles. The topological polar surface area (TPSA) is 39.2 Å². The number of carbonyl (C=O) groups is 1. The monoisotopic (exact) mass is 196 g/mol. The van der Waals surface area contributed by atoms with Crippen molar-refractivity contribution in [1.82, 2.24) is 4.98 Å². The fourth-order valence-electron chi connectivity index (χ4n) is 0.986. The fraction of sp³-hybridized carbons (Fsp3) is 0.250. The molecule has 0 atom stereocenters. The summed E-state index contributed by atoms with van der Waals surface area (Å²) in [7, 11) is 0. The molecule has 1 aromatic rings. The maximum Gasteiger partial charge on any atom is 0.497 e. The van der Waals surface area contributed by atoms with E-state index in [0.717, 1.165) is 22.2 Å². The Bertz CT molecular complexity index is 330. The Morgan fingerprint density at radius 2 is 2.38 bits per heavy atom. The first-order chi connectivity index (χ1) is 6.17. The molecule has 0 saturated carbocycles. The molecule has 0 amide bonds. The first kappa shape index (κ1) is 10.2. The van der Waals surface area contributed by atoms with E-state index in [0.29, 0.717) is 0 Å². The van der Waals surface area contributed by atoms with Crippen LogP contribution in [0.3, 0.4) is 0 Å². The molecule has 5 heteroatoms. The molecule has 0 fully saturated rings. The van der Waals surface area contributed by atoms with E-state index in [1.54, 1.807) is 19.1 Å². The first-order valence-corrected chi connectivity index (χ1v) is 4.25. The molecule has 1 aromatic heterocycles. The van der Waals surface area contributed by atoms with Crippen LogP contribution < -0.4 is 0 Å². The quantitative estimate of drug-likeness (QED) is 0.657. The lowest BCUT2D eigenvalue weighted by molar-refractivity contribution is 0.0743. The summed E-state index contributed by atoms with van der Waals surface area (Å²) < 4.78 is 16.7. The highest BCUT2D eigenvalue weighted by Crippen LogP contribution is 2.07. The molecule has 0 aliphatic heterocycles. The van der Waals surface area contributed by atoms with Gasteiger partial charge in [0.25, 0.3) is 0 Å². The number of carbonyl (C=O) groups excluding carboxylic acids is 1. The predicted molar refractivity (Wildman–Crippen MR) is 46.4 cm³/mol. The molecule has 0 saturated heterocycles. The predicted octanol–water partition coefficient (Wildman–Crippen LogP) is 0.832. The molecule has 1 rings (SSSR count). The largest absolute Gasteiger partial charge is 0.620 e. The molecule has 1 heterocycles. The molecular formula is C8H8AlFNO2. The highest BCUT2D eigenvalue weighted by Gasteiger charge is 2.07. The van der Waals surface area contributed by atoms with Crippen molar-refractivity contribution in [2.75, 3.05) is 0 Å². The van der Waals surface area contributed by atoms with Gasteiger partial charge in [0, 0.05) is 0 Å². The van der Waals surface area contributed by atoms with Crippen LogP contribution in [-0.2, 0) is 10.5 Å². The molecule has 67 valence electrons. The summed E-state index contributed by atoms with van der Waals surface area (Å²) in [6.45, 7) is 1.10. The van der Waals surface area contributed by atoms with Gasteiger partial charge in [-0.1, -0.05) is 0 Å². The third-order valence-corrected chi connectivity index (χ3v) is 1.76. The van der Waals surface area contributed by atoms with E-state index in [4.69, 9.17) is 0 Å². The standard InChI is InChI=1S/C8H8FNO2.Al.H/c1-5-2-6(4-9)10-7(3-5)8(11)12;;/h2-3H,4H2,1H3,(H,11,12);;/q;+1;/p-1. The van der Waals surface area contributed by atoms with E-state index < -0.39 is 12.6 Å². The van der Waals surface area contributed by atoms with Crippen molar-refractivity contribution in [3.05, 3.63) is 29.1 Å². The molecule has 0 aromatic carbocycles. The van der Waals surface area contributed by atoms with Gasteiger partial charge in [0.1, 0.15) is 12.4 Å². The summed E-state index contributed by atoms with van der Waals surface area (Å²) in [5, 5.41) is 0. The lowest BCUT2D eigenvalue weighted by Crippen LogP contribution is -2.06. The Balaban J connectivity index is 3.08. The Kier molecular flexibility index (Phi) is 3.41. The van der Waals surface area contributed by atoms with Gasteiger partial charge in [-0.3, -0.25) is 0 Å². The molecule has 1 radical (unpaired) electrons. The van der Waals surface area contributed by atoms with Gasteiger partial charge in [0.2, 0.25) is 0 Å². The normalized spacial score (nSPS) is 9.69. The number of aromatic nitrogens is 1. The van der Waals surface area contributed by atoms with Crippen LogP contribution in [0, 0.1) is 6.92 Å². The Morgan fingerprint density at radius 1 is 1.69 bits per heavy atom. The Hall–Kier alpha value is -0.918. The van der Waals surface area contributed by atoms with Gasteiger partial charge in [0.05, 0.1) is 5.69 Å². The second-order valence-corrected chi connectivity index (χ2v) is 2.88. The molecule has 0 N–H and O–H groups in total. The van der Waals surface area contributed by atoms with Gasteiger partial charge in [-0.05, 0) is 24.6 Å². The van der Waals surface area contributed by atoms with Crippen molar-refractivity contribution in [2.45, 2.75) is 13.6 Å². The average molecular weight is 196 g/mol. The minimum Gasteiger partial charge on any atom is -0.620 e. The number of aryl methyl sites for hydroxylation is 1. The van der Waals surface area contributed by atoms with Gasteiger partial charge in [0.15, 0.2) is 0 Å². The van der Waals surface area contributed by atoms with Crippen LogP contribution in [0.5, 0.6) is 0 Å². The van der Waals surface area contributed by atoms with Gasteiger partial charge in [-0.2, -0.15) is 0 Å². The molecule has 3 nitrogen and oxygen atoms in total. The van der Waals surface area contributed by atoms with Crippen molar-refractivity contribution in [2.24, 2.45) is 0 Å². The number of hydrogen-bond donors (Lipinski definition) is 0. The SMILES string of the molecule is Cc1cc(CF)nc(C(=O)[O][AlH])c1. The lowest BCUT2D eigenvalue weighted by Gasteiger charge is -2.03. The van der Waals surface area contributed by atoms with Crippen LogP contribution in [0.15, 0.2) is 12.1 Å². The maximum absolute atomic E-state index is 12.2. The Labute approximate surface area is 83.7 Å². The lowest BCUT2D eigenvalue weighted by atomic mass is 10.2. The van der Waals surface area contributed by atoms with Crippen molar-refractivity contribution in [3.8, 4) is 0 Å². The third kappa shape index (κ3) is 2.51. The maximum atomic E-state index is 12.2. The highest BCUT2D eigenvalue weighted by molar-refractivity contribution is 6.08. The van der Waals surface area contributed by atoms with Gasteiger partial charge in [-0.15, -0.1) is 0 Å². The zero-order valence-corrected chi connectivity index (χ0v) is 8.62.